The molecule has 1 saturated heterocycles. The van der Waals surface area contributed by atoms with Gasteiger partial charge < -0.3 is 29.4 Å². The summed E-state index contributed by atoms with van der Waals surface area (Å²) in [5.41, 5.74) is 1.86. The second-order valence-electron chi connectivity index (χ2n) is 10.7. The van der Waals surface area contributed by atoms with E-state index in [4.69, 9.17) is 18.9 Å². The molecule has 7 heteroatoms. The Morgan fingerprint density at radius 1 is 0.780 bits per heavy atom. The van der Waals surface area contributed by atoms with E-state index in [1.54, 1.807) is 0 Å². The van der Waals surface area contributed by atoms with E-state index in [1.807, 2.05) is 105 Å². The average molecular weight is 562 g/mol. The number of nitrogens with one attached hydrogen (secondary N) is 1. The van der Waals surface area contributed by atoms with Gasteiger partial charge in [-0.05, 0) is 29.5 Å². The normalized spacial score (nSPS) is 22.8. The van der Waals surface area contributed by atoms with Crippen LogP contribution in [0.15, 0.2) is 91.0 Å². The largest absolute Gasteiger partial charge is 0.387 e. The quantitative estimate of drug-likeness (QED) is 0.282. The topological polar surface area (TPSA) is 86.2 Å². The minimum atomic E-state index is -1.19. The number of carbonyl (C=O) groups is 1. The van der Waals surface area contributed by atoms with Crippen molar-refractivity contribution in [2.75, 3.05) is 6.61 Å². The first kappa shape index (κ1) is 30.9. The lowest BCUT2D eigenvalue weighted by Gasteiger charge is -2.51. The third-order valence-electron chi connectivity index (χ3n) is 7.78. The smallest absolute Gasteiger partial charge is 0.217 e. The van der Waals surface area contributed by atoms with E-state index in [2.05, 4.69) is 5.32 Å². The monoisotopic (exact) mass is 561 g/mol. The second-order valence-corrected chi connectivity index (χ2v) is 10.7. The van der Waals surface area contributed by atoms with Crippen LogP contribution < -0.4 is 5.32 Å². The molecule has 0 radical (unpaired) electrons. The number of carbonyl (C=O) groups excluding carboxylic acids is 1. The molecule has 2 N–H and O–H groups in total. The zero-order chi connectivity index (χ0) is 29.1. The molecule has 1 fully saturated rings. The molecule has 5 atom stereocenters. The SMILES string of the molecule is CCC(O)(CC)[C@H]1O[C@H](COCc2ccccc2)[C@H](OCc2ccccc2)[C@H](OCc2ccccc2)[C@H]1NC(C)=O. The Bertz CT molecular complexity index is 1170. The number of ether oxygens (including phenoxy) is 4. The summed E-state index contributed by atoms with van der Waals surface area (Å²) in [5.74, 6) is -0.230. The summed E-state index contributed by atoms with van der Waals surface area (Å²) in [5, 5.41) is 14.8. The number of rotatable bonds is 14. The lowest BCUT2D eigenvalue weighted by Crippen LogP contribution is -2.70. The Morgan fingerprint density at radius 2 is 1.24 bits per heavy atom. The van der Waals surface area contributed by atoms with E-state index in [0.717, 1.165) is 16.7 Å². The Balaban J connectivity index is 1.67. The first-order valence-electron chi connectivity index (χ1n) is 14.5. The first-order valence-corrected chi connectivity index (χ1v) is 14.5. The van der Waals surface area contributed by atoms with Crippen molar-refractivity contribution in [3.63, 3.8) is 0 Å². The van der Waals surface area contributed by atoms with Gasteiger partial charge in [-0.15, -0.1) is 0 Å². The Hall–Kier alpha value is -3.07. The van der Waals surface area contributed by atoms with Crippen molar-refractivity contribution < 1.29 is 28.8 Å². The van der Waals surface area contributed by atoms with Crippen LogP contribution >= 0.6 is 0 Å². The minimum absolute atomic E-state index is 0.229. The van der Waals surface area contributed by atoms with Crippen molar-refractivity contribution in [1.82, 2.24) is 5.32 Å². The summed E-state index contributed by atoms with van der Waals surface area (Å²) in [7, 11) is 0. The molecule has 0 bridgehead atoms. The minimum Gasteiger partial charge on any atom is -0.387 e. The van der Waals surface area contributed by atoms with E-state index in [1.165, 1.54) is 6.92 Å². The fraction of sp³-hybridized carbons (Fsp3) is 0.441. The van der Waals surface area contributed by atoms with Gasteiger partial charge in [0.1, 0.15) is 24.4 Å². The number of hydrogen-bond donors (Lipinski definition) is 2. The van der Waals surface area contributed by atoms with Crippen molar-refractivity contribution in [3.8, 4) is 0 Å². The van der Waals surface area contributed by atoms with E-state index in [0.29, 0.717) is 32.7 Å². The molecular formula is C34H43NO6. The van der Waals surface area contributed by atoms with Gasteiger partial charge >= 0.3 is 0 Å². The van der Waals surface area contributed by atoms with E-state index in [-0.39, 0.29) is 12.5 Å². The Morgan fingerprint density at radius 3 is 1.71 bits per heavy atom. The van der Waals surface area contributed by atoms with Gasteiger partial charge in [-0.2, -0.15) is 0 Å². The maximum atomic E-state index is 12.5. The highest BCUT2D eigenvalue weighted by Gasteiger charge is 2.54. The van der Waals surface area contributed by atoms with Gasteiger partial charge in [-0.1, -0.05) is 105 Å². The van der Waals surface area contributed by atoms with Crippen LogP contribution in [0.4, 0.5) is 0 Å². The molecule has 3 aromatic rings. The molecule has 3 aromatic carbocycles. The molecule has 0 spiro atoms. The third kappa shape index (κ3) is 8.47. The van der Waals surface area contributed by atoms with Crippen molar-refractivity contribution in [2.24, 2.45) is 0 Å². The van der Waals surface area contributed by atoms with Crippen LogP contribution in [0.5, 0.6) is 0 Å². The fourth-order valence-corrected chi connectivity index (χ4v) is 5.38. The molecule has 0 aromatic heterocycles. The lowest BCUT2D eigenvalue weighted by atomic mass is 9.80. The highest BCUT2D eigenvalue weighted by Crippen LogP contribution is 2.36. The standard InChI is InChI=1S/C34H43NO6/c1-4-34(37,5-2)33-30(35-25(3)36)32(40-23-28-19-13-8-14-20-28)31(39-22-27-17-11-7-12-18-27)29(41-33)24-38-21-26-15-9-6-10-16-26/h6-20,29-33,37H,4-5,21-24H2,1-3H3,(H,35,36)/t29-,30-,31+,32-,33+/m1/s1. The molecule has 0 saturated carbocycles. The zero-order valence-corrected chi connectivity index (χ0v) is 24.3. The fourth-order valence-electron chi connectivity index (χ4n) is 5.38. The van der Waals surface area contributed by atoms with Crippen LogP contribution in [-0.2, 0) is 43.6 Å². The third-order valence-corrected chi connectivity index (χ3v) is 7.78. The van der Waals surface area contributed by atoms with Gasteiger partial charge in [0.15, 0.2) is 0 Å². The number of benzene rings is 3. The van der Waals surface area contributed by atoms with Gasteiger partial charge in [0.2, 0.25) is 5.91 Å². The molecule has 1 aliphatic heterocycles. The van der Waals surface area contributed by atoms with Gasteiger partial charge in [-0.3, -0.25) is 4.79 Å². The molecule has 1 aliphatic rings. The molecule has 220 valence electrons. The van der Waals surface area contributed by atoms with Crippen LogP contribution in [0.1, 0.15) is 50.3 Å². The van der Waals surface area contributed by atoms with Gasteiger partial charge in [-0.25, -0.2) is 0 Å². The molecule has 41 heavy (non-hydrogen) atoms. The summed E-state index contributed by atoms with van der Waals surface area (Å²) in [4.78, 5) is 12.5. The van der Waals surface area contributed by atoms with E-state index >= 15 is 0 Å². The molecule has 7 nitrogen and oxygen atoms in total. The van der Waals surface area contributed by atoms with Gasteiger partial charge in [0.05, 0.1) is 38.1 Å². The average Bonchev–Trinajstić information content (AvgIpc) is 3.01. The van der Waals surface area contributed by atoms with Crippen LogP contribution in [0.3, 0.4) is 0 Å². The highest BCUT2D eigenvalue weighted by atomic mass is 16.6. The summed E-state index contributed by atoms with van der Waals surface area (Å²) in [6.45, 7) is 6.61. The van der Waals surface area contributed by atoms with Crippen LogP contribution in [-0.4, -0.2) is 53.7 Å². The number of hydrogen-bond acceptors (Lipinski definition) is 6. The summed E-state index contributed by atoms with van der Waals surface area (Å²) in [6, 6.07) is 29.1. The molecule has 1 amide bonds. The van der Waals surface area contributed by atoms with E-state index < -0.39 is 36.1 Å². The highest BCUT2D eigenvalue weighted by molar-refractivity contribution is 5.73. The van der Waals surface area contributed by atoms with Gasteiger partial charge in [0.25, 0.3) is 0 Å². The van der Waals surface area contributed by atoms with Crippen LogP contribution in [0, 0.1) is 0 Å². The molecule has 0 unspecified atom stereocenters. The van der Waals surface area contributed by atoms with E-state index in [9.17, 15) is 9.90 Å². The summed E-state index contributed by atoms with van der Waals surface area (Å²) in [6.07, 6.45) is -1.59. The predicted octanol–water partition coefficient (Wildman–Crippen LogP) is 5.20. The second kappa shape index (κ2) is 15.2. The van der Waals surface area contributed by atoms with Crippen molar-refractivity contribution >= 4 is 5.91 Å². The van der Waals surface area contributed by atoms with Crippen molar-refractivity contribution in [1.29, 1.82) is 0 Å². The predicted molar refractivity (Wildman–Crippen MR) is 158 cm³/mol. The lowest BCUT2D eigenvalue weighted by molar-refractivity contribution is -0.265. The maximum absolute atomic E-state index is 12.5. The Kier molecular flexibility index (Phi) is 11.5. The molecule has 0 aliphatic carbocycles. The summed E-state index contributed by atoms with van der Waals surface area (Å²) >= 11 is 0. The van der Waals surface area contributed by atoms with Crippen molar-refractivity contribution in [2.45, 2.75) is 89.5 Å². The first-order chi connectivity index (χ1) is 19.9. The molecule has 4 rings (SSSR count). The number of aliphatic hydroxyl groups is 1. The van der Waals surface area contributed by atoms with Crippen molar-refractivity contribution in [3.05, 3.63) is 108 Å². The number of amides is 1. The molecule has 1 heterocycles. The zero-order valence-electron chi connectivity index (χ0n) is 24.3. The van der Waals surface area contributed by atoms with Crippen LogP contribution in [0.25, 0.3) is 0 Å². The maximum Gasteiger partial charge on any atom is 0.217 e. The molecular weight excluding hydrogens is 518 g/mol. The Labute approximate surface area is 243 Å². The van der Waals surface area contributed by atoms with Crippen LogP contribution in [0.2, 0.25) is 0 Å². The van der Waals surface area contributed by atoms with Gasteiger partial charge in [0, 0.05) is 6.92 Å². The summed E-state index contributed by atoms with van der Waals surface area (Å²) < 4.78 is 26.0.